The van der Waals surface area contributed by atoms with Crippen molar-refractivity contribution in [3.63, 3.8) is 0 Å². The van der Waals surface area contributed by atoms with Gasteiger partial charge in [-0.2, -0.15) is 5.26 Å². The SMILES string of the molecule is CC(CO)(CO)NCc1cc(Cl)c(OC[C@]2(OCCCN3CCCC(CO)C3)C=CC=C(c3ccccc3)C2(C)C)cc1OCc1cncc(C#N)c1. The monoisotopic (exact) mass is 744 g/mol. The number of aliphatic hydroxyl groups excluding tert-OH is 3. The number of hydrogen-bond acceptors (Lipinski definition) is 10. The number of allylic oxidation sites excluding steroid dienone is 2. The molecular formula is C42H53ClN4O6. The van der Waals surface area contributed by atoms with E-state index in [0.717, 1.165) is 50.0 Å². The molecule has 1 fully saturated rings. The maximum absolute atomic E-state index is 9.88. The summed E-state index contributed by atoms with van der Waals surface area (Å²) in [7, 11) is 0. The van der Waals surface area contributed by atoms with Crippen LogP contribution in [-0.2, 0) is 17.9 Å². The Kier molecular flexibility index (Phi) is 14.1. The molecule has 1 aromatic heterocycles. The Hall–Kier alpha value is -3.79. The molecule has 5 rings (SSSR count). The second-order valence-electron chi connectivity index (χ2n) is 14.9. The number of pyridine rings is 1. The molecule has 2 aliphatic rings. The maximum atomic E-state index is 9.88. The van der Waals surface area contributed by atoms with Crippen LogP contribution in [0.5, 0.6) is 11.5 Å². The van der Waals surface area contributed by atoms with Crippen LogP contribution in [0.15, 0.2) is 79.2 Å². The molecule has 284 valence electrons. The first-order valence-corrected chi connectivity index (χ1v) is 18.7. The average Bonchev–Trinajstić information content (AvgIpc) is 3.18. The van der Waals surface area contributed by atoms with Gasteiger partial charge in [-0.25, -0.2) is 0 Å². The molecule has 2 atom stereocenters. The molecule has 0 bridgehead atoms. The van der Waals surface area contributed by atoms with Crippen LogP contribution in [0.25, 0.3) is 5.57 Å². The van der Waals surface area contributed by atoms with Gasteiger partial charge in [0.2, 0.25) is 0 Å². The number of nitriles is 1. The smallest absolute Gasteiger partial charge is 0.141 e. The molecule has 1 saturated heterocycles. The second-order valence-corrected chi connectivity index (χ2v) is 15.3. The van der Waals surface area contributed by atoms with Gasteiger partial charge < -0.3 is 39.7 Å². The number of nitrogens with zero attached hydrogens (tertiary/aromatic N) is 3. The summed E-state index contributed by atoms with van der Waals surface area (Å²) in [6.45, 7) is 9.66. The number of likely N-dealkylation sites (tertiary alicyclic amines) is 1. The number of halogens is 1. The third kappa shape index (κ3) is 10.0. The number of nitrogens with one attached hydrogen (secondary N) is 1. The van der Waals surface area contributed by atoms with Gasteiger partial charge in [0.25, 0.3) is 0 Å². The topological polar surface area (TPSA) is 140 Å². The fourth-order valence-electron chi connectivity index (χ4n) is 6.97. The van der Waals surface area contributed by atoms with E-state index in [1.54, 1.807) is 31.3 Å². The Balaban J connectivity index is 1.40. The summed E-state index contributed by atoms with van der Waals surface area (Å²) >= 11 is 6.92. The Morgan fingerprint density at radius 1 is 1.08 bits per heavy atom. The van der Waals surface area contributed by atoms with Gasteiger partial charge in [-0.3, -0.25) is 4.98 Å². The van der Waals surface area contributed by atoms with Crippen LogP contribution < -0.4 is 14.8 Å². The standard InChI is InChI=1S/C42H53ClN4O6/c1-40(2)36(34-11-5-4-6-12-34)13-7-14-42(40,53-17-9-16-47-15-8-10-31(25-47)26-48)30-52-39-20-38(51-27-33-18-32(21-44)22-45-23-33)35(19-37(39)43)24-46-41(3,28-49)29-50/h4-7,11-14,18-20,22-23,31,46,48-50H,8-10,15-17,24-30H2,1-3H3/t31?,42-/m1/s1. The van der Waals surface area contributed by atoms with Gasteiger partial charge >= 0.3 is 0 Å². The van der Waals surface area contributed by atoms with Gasteiger partial charge in [0.1, 0.15) is 36.4 Å². The molecule has 1 aliphatic carbocycles. The van der Waals surface area contributed by atoms with Crippen molar-refractivity contribution in [1.82, 2.24) is 15.2 Å². The van der Waals surface area contributed by atoms with E-state index >= 15 is 0 Å². The van der Waals surface area contributed by atoms with Crippen molar-refractivity contribution < 1.29 is 29.5 Å². The number of hydrogen-bond donors (Lipinski definition) is 4. The second kappa shape index (κ2) is 18.5. The van der Waals surface area contributed by atoms with E-state index < -0.39 is 16.6 Å². The lowest BCUT2D eigenvalue weighted by molar-refractivity contribution is -0.0931. The van der Waals surface area contributed by atoms with Gasteiger partial charge in [0.15, 0.2) is 0 Å². The highest BCUT2D eigenvalue weighted by atomic mass is 35.5. The lowest BCUT2D eigenvalue weighted by Gasteiger charge is -2.47. The minimum atomic E-state index is -0.925. The number of piperidine rings is 1. The summed E-state index contributed by atoms with van der Waals surface area (Å²) < 4.78 is 19.9. The molecule has 0 spiro atoms. The summed E-state index contributed by atoms with van der Waals surface area (Å²) in [5.74, 6) is 1.23. The molecule has 2 heterocycles. The normalized spacial score (nSPS) is 20.1. The molecule has 4 N–H and O–H groups in total. The Bertz CT molecular complexity index is 1760. The van der Waals surface area contributed by atoms with Gasteiger partial charge in [-0.1, -0.05) is 67.9 Å². The molecule has 0 amide bonds. The Morgan fingerprint density at radius 3 is 2.60 bits per heavy atom. The first kappa shape index (κ1) is 40.4. The van der Waals surface area contributed by atoms with Crippen molar-refractivity contribution in [3.8, 4) is 17.6 Å². The number of benzene rings is 2. The lowest BCUT2D eigenvalue weighted by atomic mass is 9.65. The largest absolute Gasteiger partial charge is 0.488 e. The van der Waals surface area contributed by atoms with Gasteiger partial charge in [0, 0.05) is 67.8 Å². The molecule has 3 aromatic rings. The average molecular weight is 745 g/mol. The number of ether oxygens (including phenoxy) is 3. The zero-order valence-corrected chi connectivity index (χ0v) is 31.8. The van der Waals surface area contributed by atoms with E-state index in [4.69, 9.17) is 25.8 Å². The highest BCUT2D eigenvalue weighted by molar-refractivity contribution is 6.32. The highest BCUT2D eigenvalue weighted by Gasteiger charge is 2.49. The molecule has 53 heavy (non-hydrogen) atoms. The predicted molar refractivity (Wildman–Crippen MR) is 207 cm³/mol. The quantitative estimate of drug-likeness (QED) is 0.116. The van der Waals surface area contributed by atoms with E-state index in [9.17, 15) is 20.6 Å². The van der Waals surface area contributed by atoms with E-state index in [0.29, 0.717) is 45.7 Å². The van der Waals surface area contributed by atoms with Gasteiger partial charge in [-0.15, -0.1) is 0 Å². The van der Waals surface area contributed by atoms with E-state index in [-0.39, 0.29) is 39.6 Å². The van der Waals surface area contributed by atoms with Gasteiger partial charge in [0.05, 0.1) is 29.3 Å². The highest BCUT2D eigenvalue weighted by Crippen LogP contribution is 2.49. The molecule has 11 heteroatoms. The molecule has 1 unspecified atom stereocenters. The number of aliphatic hydroxyl groups is 3. The third-order valence-corrected chi connectivity index (χ3v) is 10.9. The van der Waals surface area contributed by atoms with Crippen molar-refractivity contribution in [2.75, 3.05) is 52.7 Å². The first-order chi connectivity index (χ1) is 25.5. The van der Waals surface area contributed by atoms with Crippen LogP contribution in [0.1, 0.15) is 62.3 Å². The van der Waals surface area contributed by atoms with Crippen LogP contribution in [0, 0.1) is 22.7 Å². The summed E-state index contributed by atoms with van der Waals surface area (Å²) in [4.78, 5) is 6.57. The minimum Gasteiger partial charge on any atom is -0.488 e. The zero-order valence-electron chi connectivity index (χ0n) is 31.1. The van der Waals surface area contributed by atoms with E-state index in [1.807, 2.05) is 24.3 Å². The molecule has 10 nitrogen and oxygen atoms in total. The first-order valence-electron chi connectivity index (χ1n) is 18.4. The summed E-state index contributed by atoms with van der Waals surface area (Å²) in [6.07, 6.45) is 12.4. The van der Waals surface area contributed by atoms with Crippen LogP contribution in [0.4, 0.5) is 0 Å². The molecular weight excluding hydrogens is 692 g/mol. The van der Waals surface area contributed by atoms with Crippen molar-refractivity contribution in [1.29, 1.82) is 5.26 Å². The summed E-state index contributed by atoms with van der Waals surface area (Å²) in [5.41, 5.74) is 1.78. The van der Waals surface area contributed by atoms with Crippen LogP contribution in [-0.4, -0.2) is 89.0 Å². The van der Waals surface area contributed by atoms with E-state index in [2.05, 4.69) is 59.4 Å². The molecule has 0 saturated carbocycles. The van der Waals surface area contributed by atoms with Crippen LogP contribution in [0.2, 0.25) is 5.02 Å². The number of rotatable bonds is 18. The van der Waals surface area contributed by atoms with Crippen molar-refractivity contribution >= 4 is 17.2 Å². The summed E-state index contributed by atoms with van der Waals surface area (Å²) in [5, 5.41) is 42.4. The molecule has 1 aliphatic heterocycles. The molecule has 0 radical (unpaired) electrons. The Labute approximate surface area is 318 Å². The number of aromatic nitrogens is 1. The lowest BCUT2D eigenvalue weighted by Crippen LogP contribution is -2.52. The minimum absolute atomic E-state index is 0.137. The maximum Gasteiger partial charge on any atom is 0.141 e. The van der Waals surface area contributed by atoms with Crippen LogP contribution >= 0.6 is 11.6 Å². The van der Waals surface area contributed by atoms with Crippen LogP contribution in [0.3, 0.4) is 0 Å². The Morgan fingerprint density at radius 2 is 1.87 bits per heavy atom. The fraction of sp³-hybridized carbons (Fsp3) is 0.476. The third-order valence-electron chi connectivity index (χ3n) is 10.6. The van der Waals surface area contributed by atoms with E-state index in [1.165, 1.54) is 6.20 Å². The fourth-order valence-corrected chi connectivity index (χ4v) is 7.21. The zero-order chi connectivity index (χ0) is 37.9. The summed E-state index contributed by atoms with van der Waals surface area (Å²) in [6, 6.07) is 17.7. The van der Waals surface area contributed by atoms with Gasteiger partial charge in [-0.05, 0) is 68.0 Å². The van der Waals surface area contributed by atoms with Crippen molar-refractivity contribution in [3.05, 3.63) is 106 Å². The predicted octanol–water partition coefficient (Wildman–Crippen LogP) is 5.93. The molecule has 2 aromatic carbocycles. The van der Waals surface area contributed by atoms with Crippen molar-refractivity contribution in [2.24, 2.45) is 11.3 Å². The van der Waals surface area contributed by atoms with Crippen molar-refractivity contribution in [2.45, 2.75) is 64.3 Å².